The Hall–Kier alpha value is -4.66. The zero-order valence-electron chi connectivity index (χ0n) is 19.6. The SMILES string of the molecule is Clc1ccc(-n2nc(-c3nn(-c4ccc(Cl)cc4)c4nc5ccccc5n34)n3c4ccccc4nc23)cc1. The van der Waals surface area contributed by atoms with Crippen LogP contribution in [0.4, 0.5) is 0 Å². The molecule has 0 atom stereocenters. The first-order valence-electron chi connectivity index (χ1n) is 11.9. The summed E-state index contributed by atoms with van der Waals surface area (Å²) < 4.78 is 7.70. The molecule has 0 fully saturated rings. The third kappa shape index (κ3) is 3.04. The number of fused-ring (bicyclic) bond motifs is 6. The van der Waals surface area contributed by atoms with Gasteiger partial charge in [-0.3, -0.25) is 8.80 Å². The molecule has 0 saturated carbocycles. The first-order valence-corrected chi connectivity index (χ1v) is 12.7. The summed E-state index contributed by atoms with van der Waals surface area (Å²) in [5.41, 5.74) is 5.25. The number of hydrogen-bond acceptors (Lipinski definition) is 4. The van der Waals surface area contributed by atoms with Crippen molar-refractivity contribution >= 4 is 56.8 Å². The van der Waals surface area contributed by atoms with Crippen molar-refractivity contribution in [2.24, 2.45) is 0 Å². The Kier molecular flexibility index (Phi) is 4.46. The summed E-state index contributed by atoms with van der Waals surface area (Å²) in [5.74, 6) is 2.60. The molecule has 8 rings (SSSR count). The van der Waals surface area contributed by atoms with E-state index in [4.69, 9.17) is 43.4 Å². The lowest BCUT2D eigenvalue weighted by Crippen LogP contribution is -1.99. The van der Waals surface area contributed by atoms with Gasteiger partial charge in [0.25, 0.3) is 0 Å². The van der Waals surface area contributed by atoms with Gasteiger partial charge in [-0.25, -0.2) is 9.97 Å². The van der Waals surface area contributed by atoms with E-state index in [1.807, 2.05) is 115 Å². The summed E-state index contributed by atoms with van der Waals surface area (Å²) in [5, 5.41) is 11.4. The zero-order valence-corrected chi connectivity index (χ0v) is 21.1. The molecular formula is C28H16Cl2N8. The van der Waals surface area contributed by atoms with Gasteiger partial charge in [-0.05, 0) is 72.8 Å². The van der Waals surface area contributed by atoms with Crippen molar-refractivity contribution in [3.63, 3.8) is 0 Å². The van der Waals surface area contributed by atoms with Crippen LogP contribution in [-0.2, 0) is 0 Å². The Morgan fingerprint density at radius 1 is 0.474 bits per heavy atom. The largest absolute Gasteiger partial charge is 0.256 e. The lowest BCUT2D eigenvalue weighted by atomic mass is 10.3. The zero-order chi connectivity index (χ0) is 25.4. The quantitative estimate of drug-likeness (QED) is 0.255. The van der Waals surface area contributed by atoms with Crippen molar-refractivity contribution in [3.8, 4) is 23.0 Å². The van der Waals surface area contributed by atoms with Crippen LogP contribution >= 0.6 is 23.2 Å². The molecule has 0 aliphatic rings. The molecule has 0 unspecified atom stereocenters. The Labute approximate surface area is 224 Å². The molecule has 0 saturated heterocycles. The average molecular weight is 535 g/mol. The van der Waals surface area contributed by atoms with Gasteiger partial charge >= 0.3 is 0 Å². The molecule has 0 spiro atoms. The van der Waals surface area contributed by atoms with Crippen LogP contribution in [0.25, 0.3) is 56.6 Å². The van der Waals surface area contributed by atoms with E-state index in [1.165, 1.54) is 0 Å². The van der Waals surface area contributed by atoms with E-state index in [-0.39, 0.29) is 0 Å². The van der Waals surface area contributed by atoms with Gasteiger partial charge in [-0.15, -0.1) is 10.2 Å². The summed E-state index contributed by atoms with van der Waals surface area (Å²) in [7, 11) is 0. The summed E-state index contributed by atoms with van der Waals surface area (Å²) in [6.07, 6.45) is 0. The summed E-state index contributed by atoms with van der Waals surface area (Å²) in [6, 6.07) is 31.1. The fourth-order valence-electron chi connectivity index (χ4n) is 4.90. The van der Waals surface area contributed by atoms with Crippen LogP contribution in [0.2, 0.25) is 10.0 Å². The van der Waals surface area contributed by atoms with Crippen molar-refractivity contribution in [2.45, 2.75) is 0 Å². The minimum atomic E-state index is 0.629. The molecular weight excluding hydrogens is 519 g/mol. The molecule has 0 amide bonds. The van der Waals surface area contributed by atoms with Gasteiger partial charge in [0.1, 0.15) is 0 Å². The van der Waals surface area contributed by atoms with Crippen LogP contribution in [-0.4, -0.2) is 38.3 Å². The van der Waals surface area contributed by atoms with E-state index >= 15 is 0 Å². The Morgan fingerprint density at radius 2 is 0.868 bits per heavy atom. The van der Waals surface area contributed by atoms with Crippen LogP contribution in [0, 0.1) is 0 Å². The molecule has 182 valence electrons. The van der Waals surface area contributed by atoms with Gasteiger partial charge in [0.2, 0.25) is 23.2 Å². The second-order valence-electron chi connectivity index (χ2n) is 8.90. The number of benzene rings is 4. The number of aromatic nitrogens is 8. The van der Waals surface area contributed by atoms with Crippen LogP contribution in [0.1, 0.15) is 0 Å². The van der Waals surface area contributed by atoms with Crippen LogP contribution < -0.4 is 0 Å². The van der Waals surface area contributed by atoms with Crippen LogP contribution in [0.5, 0.6) is 0 Å². The number of rotatable bonds is 3. The van der Waals surface area contributed by atoms with Gasteiger partial charge in [-0.1, -0.05) is 47.5 Å². The molecule has 8 nitrogen and oxygen atoms in total. The maximum Gasteiger partial charge on any atom is 0.238 e. The molecule has 4 heterocycles. The van der Waals surface area contributed by atoms with Crippen molar-refractivity contribution in [2.75, 3.05) is 0 Å². The molecule has 10 heteroatoms. The molecule has 0 aliphatic carbocycles. The topological polar surface area (TPSA) is 70.2 Å². The second-order valence-corrected chi connectivity index (χ2v) is 9.77. The van der Waals surface area contributed by atoms with Crippen molar-refractivity contribution < 1.29 is 0 Å². The van der Waals surface area contributed by atoms with E-state index in [2.05, 4.69) is 0 Å². The number of imidazole rings is 2. The van der Waals surface area contributed by atoms with Crippen molar-refractivity contribution in [1.29, 1.82) is 0 Å². The highest BCUT2D eigenvalue weighted by Crippen LogP contribution is 2.31. The fourth-order valence-corrected chi connectivity index (χ4v) is 5.15. The number of halogens is 2. The Balaban J connectivity index is 1.51. The van der Waals surface area contributed by atoms with E-state index < -0.39 is 0 Å². The third-order valence-corrected chi connectivity index (χ3v) is 7.12. The molecule has 4 aromatic carbocycles. The lowest BCUT2D eigenvalue weighted by molar-refractivity contribution is 0.878. The van der Waals surface area contributed by atoms with Gasteiger partial charge < -0.3 is 0 Å². The third-order valence-electron chi connectivity index (χ3n) is 6.62. The maximum absolute atomic E-state index is 6.18. The number of hydrogen-bond donors (Lipinski definition) is 0. The monoisotopic (exact) mass is 534 g/mol. The van der Waals surface area contributed by atoms with E-state index in [0.717, 1.165) is 33.4 Å². The van der Waals surface area contributed by atoms with E-state index in [0.29, 0.717) is 33.2 Å². The predicted molar refractivity (Wildman–Crippen MR) is 149 cm³/mol. The standard InChI is InChI=1S/C28H16Cl2N8/c29-17-9-13-19(14-10-17)37-27-31-21-5-1-3-7-23(21)35(27)25(33-37)26-34-38(20-15-11-18(30)12-16-20)28-32-22-6-2-4-8-24(22)36(26)28/h1-16H. The van der Waals surface area contributed by atoms with Gasteiger partial charge in [0.15, 0.2) is 0 Å². The molecule has 0 radical (unpaired) electrons. The van der Waals surface area contributed by atoms with E-state index in [1.54, 1.807) is 0 Å². The van der Waals surface area contributed by atoms with Crippen molar-refractivity contribution in [3.05, 3.63) is 107 Å². The number of para-hydroxylation sites is 4. The molecule has 8 aromatic rings. The van der Waals surface area contributed by atoms with Crippen molar-refractivity contribution in [1.82, 2.24) is 38.3 Å². The first kappa shape index (κ1) is 21.4. The highest BCUT2D eigenvalue weighted by Gasteiger charge is 2.25. The maximum atomic E-state index is 6.18. The average Bonchev–Trinajstić information content (AvgIpc) is 3.68. The molecule has 0 N–H and O–H groups in total. The van der Waals surface area contributed by atoms with E-state index in [9.17, 15) is 0 Å². The van der Waals surface area contributed by atoms with Gasteiger partial charge in [0, 0.05) is 10.0 Å². The summed E-state index contributed by atoms with van der Waals surface area (Å²) >= 11 is 12.4. The molecule has 0 aliphatic heterocycles. The van der Waals surface area contributed by atoms with Gasteiger partial charge in [0.05, 0.1) is 33.4 Å². The van der Waals surface area contributed by atoms with Crippen LogP contribution in [0.3, 0.4) is 0 Å². The highest BCUT2D eigenvalue weighted by molar-refractivity contribution is 6.30. The minimum absolute atomic E-state index is 0.629. The predicted octanol–water partition coefficient (Wildman–Crippen LogP) is 6.63. The molecule has 4 aromatic heterocycles. The smallest absolute Gasteiger partial charge is 0.238 e. The summed E-state index contributed by atoms with van der Waals surface area (Å²) in [6.45, 7) is 0. The normalized spacial score (nSPS) is 11.9. The fraction of sp³-hybridized carbons (Fsp3) is 0. The minimum Gasteiger partial charge on any atom is -0.256 e. The molecule has 0 bridgehead atoms. The number of nitrogens with zero attached hydrogens (tertiary/aromatic N) is 8. The second kappa shape index (κ2) is 7.92. The van der Waals surface area contributed by atoms with Crippen LogP contribution in [0.15, 0.2) is 97.1 Å². The Morgan fingerprint density at radius 3 is 1.29 bits per heavy atom. The molecule has 38 heavy (non-hydrogen) atoms. The summed E-state index contributed by atoms with van der Waals surface area (Å²) in [4.78, 5) is 9.84. The first-order chi connectivity index (χ1) is 18.7. The Bertz CT molecular complexity index is 1990. The van der Waals surface area contributed by atoms with Gasteiger partial charge in [-0.2, -0.15) is 9.36 Å². The highest BCUT2D eigenvalue weighted by atomic mass is 35.5. The lowest BCUT2D eigenvalue weighted by Gasteiger charge is -2.01.